The summed E-state index contributed by atoms with van der Waals surface area (Å²) in [6, 6.07) is 42.9. The summed E-state index contributed by atoms with van der Waals surface area (Å²) in [6.07, 6.45) is 4.00. The molecule has 4 aliphatic rings. The van der Waals surface area contributed by atoms with Crippen molar-refractivity contribution in [3.8, 4) is 33.8 Å². The van der Waals surface area contributed by atoms with Crippen LogP contribution in [0.25, 0.3) is 33.0 Å². The van der Waals surface area contributed by atoms with Gasteiger partial charge in [0, 0.05) is 30.9 Å². The van der Waals surface area contributed by atoms with Crippen LogP contribution in [0.4, 0.5) is 22.7 Å². The van der Waals surface area contributed by atoms with Crippen molar-refractivity contribution in [3.63, 3.8) is 0 Å². The third-order valence-corrected chi connectivity index (χ3v) is 12.4. The Morgan fingerprint density at radius 2 is 1.06 bits per heavy atom. The number of likely N-dealkylation sites (N-methyl/N-ethyl adjacent to an activating group) is 2. The fourth-order valence-electron chi connectivity index (χ4n) is 9.17. The number of hydrogen-bond acceptors (Lipinski definition) is 6. The standard InChI is InChI=1S/C46H40N4O2/c1-43(2)35-13-9-10-14-38(35)49(5)45(43)27-47-37-25-32(21-23-40(37)51-45)29-15-17-30(18-16-29)33-19-22-36-39(26-33)50(6)46(44(36,3)4)28-48-42-34-12-8-7-11-31(34)20-24-41(42)52-46/h7-28H,1-6H3. The average Bonchev–Trinajstić information content (AvgIpc) is 3.44. The predicted molar refractivity (Wildman–Crippen MR) is 214 cm³/mol. The van der Waals surface area contributed by atoms with Crippen molar-refractivity contribution in [2.75, 3.05) is 23.9 Å². The van der Waals surface area contributed by atoms with Crippen LogP contribution >= 0.6 is 0 Å². The van der Waals surface area contributed by atoms with E-state index in [-0.39, 0.29) is 10.8 Å². The molecular formula is C46H40N4O2. The van der Waals surface area contributed by atoms with Crippen molar-refractivity contribution in [2.45, 2.75) is 50.0 Å². The van der Waals surface area contributed by atoms with Crippen molar-refractivity contribution in [2.24, 2.45) is 9.98 Å². The lowest BCUT2D eigenvalue weighted by atomic mass is 9.77. The number of fused-ring (bicyclic) bond motifs is 6. The van der Waals surface area contributed by atoms with E-state index < -0.39 is 11.4 Å². The quantitative estimate of drug-likeness (QED) is 0.183. The number of benzene rings is 6. The number of hydrogen-bond donors (Lipinski definition) is 0. The lowest BCUT2D eigenvalue weighted by Crippen LogP contribution is -2.61. The van der Waals surface area contributed by atoms with Gasteiger partial charge >= 0.3 is 0 Å². The minimum atomic E-state index is -0.752. The highest BCUT2D eigenvalue weighted by Gasteiger charge is 2.59. The van der Waals surface area contributed by atoms with Crippen LogP contribution in [-0.4, -0.2) is 38.0 Å². The molecule has 52 heavy (non-hydrogen) atoms. The first-order valence-corrected chi connectivity index (χ1v) is 18.0. The molecule has 2 unspecified atom stereocenters. The summed E-state index contributed by atoms with van der Waals surface area (Å²) in [5.41, 5.74) is 9.01. The van der Waals surface area contributed by atoms with E-state index in [1.54, 1.807) is 0 Å². The van der Waals surface area contributed by atoms with Gasteiger partial charge in [-0.1, -0.05) is 91.0 Å². The zero-order chi connectivity index (χ0) is 35.6. The van der Waals surface area contributed by atoms with Crippen LogP contribution in [0, 0.1) is 0 Å². The summed E-state index contributed by atoms with van der Waals surface area (Å²) >= 11 is 0. The Balaban J connectivity index is 0.928. The Labute approximate surface area is 304 Å². The van der Waals surface area contributed by atoms with Gasteiger partial charge in [0.15, 0.2) is 0 Å². The molecule has 0 saturated heterocycles. The van der Waals surface area contributed by atoms with Crippen molar-refractivity contribution in [1.82, 2.24) is 0 Å². The number of ether oxygens (including phenoxy) is 2. The van der Waals surface area contributed by atoms with E-state index >= 15 is 0 Å². The van der Waals surface area contributed by atoms with Crippen LogP contribution in [0.2, 0.25) is 0 Å². The third kappa shape index (κ3) is 3.90. The van der Waals surface area contributed by atoms with Crippen LogP contribution in [0.3, 0.4) is 0 Å². The maximum Gasteiger partial charge on any atom is 0.228 e. The highest BCUT2D eigenvalue weighted by atomic mass is 16.5. The summed E-state index contributed by atoms with van der Waals surface area (Å²) < 4.78 is 13.8. The molecule has 6 nitrogen and oxygen atoms in total. The number of para-hydroxylation sites is 1. The maximum atomic E-state index is 6.96. The molecule has 256 valence electrons. The minimum Gasteiger partial charge on any atom is -0.459 e. The fraction of sp³-hybridized carbons (Fsp3) is 0.217. The highest BCUT2D eigenvalue weighted by molar-refractivity contribution is 6.00. The second kappa shape index (κ2) is 10.3. The van der Waals surface area contributed by atoms with Crippen molar-refractivity contribution < 1.29 is 9.47 Å². The molecule has 2 atom stereocenters. The summed E-state index contributed by atoms with van der Waals surface area (Å²) in [5, 5.41) is 2.26. The van der Waals surface area contributed by atoms with Crippen LogP contribution in [0.1, 0.15) is 38.8 Å². The molecule has 4 aliphatic heterocycles. The Morgan fingerprint density at radius 3 is 1.81 bits per heavy atom. The van der Waals surface area contributed by atoms with Gasteiger partial charge in [0.1, 0.15) is 22.9 Å². The van der Waals surface area contributed by atoms with Crippen molar-refractivity contribution in [1.29, 1.82) is 0 Å². The fourth-order valence-corrected chi connectivity index (χ4v) is 9.17. The highest BCUT2D eigenvalue weighted by Crippen LogP contribution is 2.56. The van der Waals surface area contributed by atoms with E-state index in [4.69, 9.17) is 19.5 Å². The molecule has 4 heterocycles. The molecule has 0 radical (unpaired) electrons. The lowest BCUT2D eigenvalue weighted by molar-refractivity contribution is 0.0825. The van der Waals surface area contributed by atoms with Gasteiger partial charge in [-0.3, -0.25) is 9.98 Å². The molecular weight excluding hydrogens is 641 g/mol. The van der Waals surface area contributed by atoms with E-state index in [9.17, 15) is 0 Å². The molecule has 0 bridgehead atoms. The molecule has 0 N–H and O–H groups in total. The SMILES string of the molecule is CN1c2ccccc2C(C)(C)C12C=Nc1cc(-c3ccc(-c4ccc5c(c4)N(C)C4(C=Nc6c(ccc7ccccc67)O4)C5(C)C)cc3)ccc1O2. The monoisotopic (exact) mass is 680 g/mol. The van der Waals surface area contributed by atoms with Crippen LogP contribution in [0.5, 0.6) is 11.5 Å². The van der Waals surface area contributed by atoms with Gasteiger partial charge in [0.25, 0.3) is 0 Å². The molecule has 6 aromatic carbocycles. The number of nitrogens with zero attached hydrogens (tertiary/aromatic N) is 4. The van der Waals surface area contributed by atoms with Crippen LogP contribution < -0.4 is 19.3 Å². The Bertz CT molecular complexity index is 2530. The first kappa shape index (κ1) is 30.9. The molecule has 0 aromatic heterocycles. The summed E-state index contributed by atoms with van der Waals surface area (Å²) in [6.45, 7) is 8.97. The number of anilines is 2. The first-order chi connectivity index (χ1) is 25.0. The van der Waals surface area contributed by atoms with Gasteiger partial charge in [-0.2, -0.15) is 0 Å². The van der Waals surface area contributed by atoms with Gasteiger partial charge in [0.05, 0.1) is 23.3 Å². The van der Waals surface area contributed by atoms with Gasteiger partial charge < -0.3 is 19.3 Å². The topological polar surface area (TPSA) is 49.7 Å². The zero-order valence-electron chi connectivity index (χ0n) is 30.3. The molecule has 6 aromatic rings. The summed E-state index contributed by atoms with van der Waals surface area (Å²) in [4.78, 5) is 14.5. The average molecular weight is 681 g/mol. The van der Waals surface area contributed by atoms with Crippen LogP contribution in [0.15, 0.2) is 131 Å². The van der Waals surface area contributed by atoms with E-state index in [2.05, 4.69) is 173 Å². The van der Waals surface area contributed by atoms with Crippen molar-refractivity contribution >= 4 is 46.0 Å². The van der Waals surface area contributed by atoms with Gasteiger partial charge in [-0.15, -0.1) is 0 Å². The largest absolute Gasteiger partial charge is 0.459 e. The Morgan fingerprint density at radius 1 is 0.500 bits per heavy atom. The minimum absolute atomic E-state index is 0.283. The maximum absolute atomic E-state index is 6.96. The second-order valence-corrected chi connectivity index (χ2v) is 15.6. The van der Waals surface area contributed by atoms with E-state index in [1.807, 2.05) is 12.4 Å². The van der Waals surface area contributed by atoms with Gasteiger partial charge in [-0.25, -0.2) is 0 Å². The zero-order valence-corrected chi connectivity index (χ0v) is 30.3. The Hall–Kier alpha value is -5.88. The summed E-state index contributed by atoms with van der Waals surface area (Å²) in [5.74, 6) is 1.60. The first-order valence-electron chi connectivity index (χ1n) is 18.0. The predicted octanol–water partition coefficient (Wildman–Crippen LogP) is 10.6. The lowest BCUT2D eigenvalue weighted by Gasteiger charge is -2.45. The molecule has 0 saturated carbocycles. The summed E-state index contributed by atoms with van der Waals surface area (Å²) in [7, 11) is 4.21. The van der Waals surface area contributed by atoms with E-state index in [0.29, 0.717) is 0 Å². The number of rotatable bonds is 2. The molecule has 6 heteroatoms. The van der Waals surface area contributed by atoms with E-state index in [1.165, 1.54) is 16.8 Å². The molecule has 0 aliphatic carbocycles. The van der Waals surface area contributed by atoms with Crippen molar-refractivity contribution in [3.05, 3.63) is 132 Å². The molecule has 10 rings (SSSR count). The third-order valence-electron chi connectivity index (χ3n) is 12.4. The molecule has 0 fully saturated rings. The second-order valence-electron chi connectivity index (χ2n) is 15.6. The van der Waals surface area contributed by atoms with Crippen LogP contribution in [-0.2, 0) is 10.8 Å². The van der Waals surface area contributed by atoms with Gasteiger partial charge in [-0.05, 0) is 96.8 Å². The van der Waals surface area contributed by atoms with Gasteiger partial charge in [0.2, 0.25) is 11.4 Å². The Kier molecular flexibility index (Phi) is 6.15. The molecule has 2 spiro atoms. The van der Waals surface area contributed by atoms with E-state index in [0.717, 1.165) is 61.6 Å². The number of aliphatic imine (C=N–C) groups is 2. The molecule has 0 amide bonds. The normalized spacial score (nSPS) is 22.6. The smallest absolute Gasteiger partial charge is 0.228 e.